The Labute approximate surface area is 137 Å². The molecule has 2 aromatic rings. The standard InChI is InChI=1S/C14H15NO3S2.C2H6.H2/c1-3-11-7-8-13(19-11)20(17,18)12-6-4-5-10(9-12)14(16)15-2;1-2;/h4-9H,3H2,1-2H3,(H,15,16);1-2H3;1H. The van der Waals surface area contributed by atoms with Gasteiger partial charge < -0.3 is 5.32 Å². The van der Waals surface area contributed by atoms with Crippen LogP contribution in [0.1, 0.15) is 37.4 Å². The summed E-state index contributed by atoms with van der Waals surface area (Å²) in [6.45, 7) is 5.98. The molecule has 6 heteroatoms. The average Bonchev–Trinajstić information content (AvgIpc) is 3.06. The average molecular weight is 341 g/mol. The van der Waals surface area contributed by atoms with Gasteiger partial charge in [-0.15, -0.1) is 11.3 Å². The van der Waals surface area contributed by atoms with Crippen molar-refractivity contribution in [3.8, 4) is 0 Å². The van der Waals surface area contributed by atoms with Crippen molar-refractivity contribution < 1.29 is 14.6 Å². The smallest absolute Gasteiger partial charge is 0.251 e. The van der Waals surface area contributed by atoms with Crippen LogP contribution >= 0.6 is 11.3 Å². The number of carbonyl (C=O) groups is 1. The largest absolute Gasteiger partial charge is 0.355 e. The Bertz CT molecular complexity index is 739. The third-order valence-electron chi connectivity index (χ3n) is 2.88. The molecule has 122 valence electrons. The van der Waals surface area contributed by atoms with Crippen LogP contribution in [0.15, 0.2) is 45.5 Å². The van der Waals surface area contributed by atoms with Crippen molar-refractivity contribution in [2.75, 3.05) is 7.05 Å². The normalized spacial score (nSPS) is 10.5. The van der Waals surface area contributed by atoms with E-state index in [0.29, 0.717) is 9.77 Å². The van der Waals surface area contributed by atoms with Gasteiger partial charge in [-0.25, -0.2) is 8.42 Å². The van der Waals surface area contributed by atoms with Crippen molar-refractivity contribution in [3.05, 3.63) is 46.8 Å². The monoisotopic (exact) mass is 341 g/mol. The third kappa shape index (κ3) is 3.96. The summed E-state index contributed by atoms with van der Waals surface area (Å²) in [7, 11) is -2.04. The number of aryl methyl sites for hydroxylation is 1. The predicted molar refractivity (Wildman–Crippen MR) is 92.4 cm³/mol. The topological polar surface area (TPSA) is 63.2 Å². The lowest BCUT2D eigenvalue weighted by atomic mass is 10.2. The van der Waals surface area contributed by atoms with Crippen LogP contribution in [0.5, 0.6) is 0 Å². The van der Waals surface area contributed by atoms with E-state index in [9.17, 15) is 13.2 Å². The molecule has 0 atom stereocenters. The van der Waals surface area contributed by atoms with Crippen molar-refractivity contribution in [3.63, 3.8) is 0 Å². The third-order valence-corrected chi connectivity index (χ3v) is 6.36. The summed E-state index contributed by atoms with van der Waals surface area (Å²) in [5.74, 6) is -0.303. The van der Waals surface area contributed by atoms with E-state index in [-0.39, 0.29) is 12.2 Å². The number of thiophene rings is 1. The second-order valence-corrected chi connectivity index (χ2v) is 7.53. The molecule has 1 heterocycles. The van der Waals surface area contributed by atoms with Crippen LogP contribution < -0.4 is 5.32 Å². The molecule has 0 unspecified atom stereocenters. The number of nitrogens with one attached hydrogen (secondary N) is 1. The Hall–Kier alpha value is -1.66. The molecule has 0 bridgehead atoms. The van der Waals surface area contributed by atoms with E-state index in [0.717, 1.165) is 11.3 Å². The van der Waals surface area contributed by atoms with Gasteiger partial charge in [-0.1, -0.05) is 26.8 Å². The number of benzene rings is 1. The van der Waals surface area contributed by atoms with E-state index in [4.69, 9.17) is 0 Å². The number of rotatable bonds is 4. The first-order valence-electron chi connectivity index (χ1n) is 7.15. The Balaban J connectivity index is 0.00000155. The molecular weight excluding hydrogens is 318 g/mol. The molecule has 4 nitrogen and oxygen atoms in total. The first-order chi connectivity index (χ1) is 10.5. The molecule has 1 aromatic carbocycles. The zero-order valence-electron chi connectivity index (χ0n) is 13.2. The van der Waals surface area contributed by atoms with Crippen molar-refractivity contribution >= 4 is 27.1 Å². The molecule has 0 saturated heterocycles. The van der Waals surface area contributed by atoms with Crippen LogP contribution in [0.25, 0.3) is 0 Å². The fourth-order valence-electron chi connectivity index (χ4n) is 1.76. The molecule has 22 heavy (non-hydrogen) atoms. The van der Waals surface area contributed by atoms with Gasteiger partial charge in [0, 0.05) is 18.9 Å². The van der Waals surface area contributed by atoms with E-state index in [2.05, 4.69) is 5.32 Å². The number of sulfone groups is 1. The molecule has 0 aliphatic rings. The van der Waals surface area contributed by atoms with Gasteiger partial charge in [-0.05, 0) is 36.8 Å². The maximum atomic E-state index is 12.5. The van der Waals surface area contributed by atoms with E-state index in [1.54, 1.807) is 18.2 Å². The number of amides is 1. The quantitative estimate of drug-likeness (QED) is 0.920. The van der Waals surface area contributed by atoms with Crippen LogP contribution in [0, 0.1) is 0 Å². The predicted octanol–water partition coefficient (Wildman–Crippen LogP) is 3.78. The molecule has 0 aliphatic carbocycles. The first-order valence-corrected chi connectivity index (χ1v) is 9.45. The Morgan fingerprint density at radius 2 is 1.91 bits per heavy atom. The van der Waals surface area contributed by atoms with Crippen molar-refractivity contribution in [2.45, 2.75) is 36.3 Å². The molecular formula is C16H23NO3S2. The van der Waals surface area contributed by atoms with Crippen molar-refractivity contribution in [2.24, 2.45) is 0 Å². The lowest BCUT2D eigenvalue weighted by Gasteiger charge is -2.04. The second kappa shape index (κ2) is 8.10. The van der Waals surface area contributed by atoms with Crippen LogP contribution in [0.3, 0.4) is 0 Å². The summed E-state index contributed by atoms with van der Waals surface area (Å²) >= 11 is 1.27. The molecule has 2 rings (SSSR count). The van der Waals surface area contributed by atoms with E-state index in [1.807, 2.05) is 26.8 Å². The van der Waals surface area contributed by atoms with E-state index < -0.39 is 9.84 Å². The summed E-state index contributed by atoms with van der Waals surface area (Å²) in [4.78, 5) is 12.7. The highest BCUT2D eigenvalue weighted by molar-refractivity contribution is 7.93. The summed E-state index contributed by atoms with van der Waals surface area (Å²) in [6, 6.07) is 9.51. The number of hydrogen-bond acceptors (Lipinski definition) is 4. The maximum absolute atomic E-state index is 12.5. The SMILES string of the molecule is CC.CCc1ccc(S(=O)(=O)c2cccc(C(=O)NC)c2)s1.[HH]. The Morgan fingerprint density at radius 1 is 1.23 bits per heavy atom. The lowest BCUT2D eigenvalue weighted by Crippen LogP contribution is -2.18. The molecule has 0 fully saturated rings. The second-order valence-electron chi connectivity index (χ2n) is 4.18. The van der Waals surface area contributed by atoms with Gasteiger partial charge >= 0.3 is 0 Å². The maximum Gasteiger partial charge on any atom is 0.251 e. The van der Waals surface area contributed by atoms with Crippen LogP contribution in [0.2, 0.25) is 0 Å². The zero-order chi connectivity index (χ0) is 16.8. The summed E-state index contributed by atoms with van der Waals surface area (Å²) in [6.07, 6.45) is 0.804. The number of carbonyl (C=O) groups excluding carboxylic acids is 1. The molecule has 1 N–H and O–H groups in total. The highest BCUT2D eigenvalue weighted by atomic mass is 32.2. The van der Waals surface area contributed by atoms with Gasteiger partial charge in [0.05, 0.1) is 4.90 Å². The van der Waals surface area contributed by atoms with Crippen molar-refractivity contribution in [1.29, 1.82) is 0 Å². The van der Waals surface area contributed by atoms with E-state index in [1.165, 1.54) is 30.5 Å². The van der Waals surface area contributed by atoms with Crippen LogP contribution in [-0.4, -0.2) is 21.4 Å². The van der Waals surface area contributed by atoms with Crippen LogP contribution in [0.4, 0.5) is 0 Å². The molecule has 0 spiro atoms. The molecule has 0 aliphatic heterocycles. The molecule has 1 aromatic heterocycles. The molecule has 1 amide bonds. The van der Waals surface area contributed by atoms with Gasteiger partial charge in [0.25, 0.3) is 5.91 Å². The first kappa shape index (κ1) is 18.4. The lowest BCUT2D eigenvalue weighted by molar-refractivity contribution is 0.0963. The van der Waals surface area contributed by atoms with Gasteiger partial charge in [0.15, 0.2) is 0 Å². The van der Waals surface area contributed by atoms with Gasteiger partial charge in [0.2, 0.25) is 9.84 Å². The van der Waals surface area contributed by atoms with E-state index >= 15 is 0 Å². The summed E-state index contributed by atoms with van der Waals surface area (Å²) in [5.41, 5.74) is 0.334. The van der Waals surface area contributed by atoms with Gasteiger partial charge in [-0.2, -0.15) is 0 Å². The summed E-state index contributed by atoms with van der Waals surface area (Å²) in [5, 5.41) is 2.48. The minimum Gasteiger partial charge on any atom is -0.355 e. The molecule has 0 radical (unpaired) electrons. The number of hydrogen-bond donors (Lipinski definition) is 1. The highest BCUT2D eigenvalue weighted by Crippen LogP contribution is 2.28. The van der Waals surface area contributed by atoms with Crippen molar-refractivity contribution in [1.82, 2.24) is 5.32 Å². The Morgan fingerprint density at radius 3 is 2.45 bits per heavy atom. The minimum absolute atomic E-state index is 0. The Kier molecular flexibility index (Phi) is 6.77. The van der Waals surface area contributed by atoms with Crippen LogP contribution in [-0.2, 0) is 16.3 Å². The zero-order valence-corrected chi connectivity index (χ0v) is 14.8. The minimum atomic E-state index is -3.55. The molecule has 0 saturated carbocycles. The highest BCUT2D eigenvalue weighted by Gasteiger charge is 2.20. The fraction of sp³-hybridized carbons (Fsp3) is 0.312. The summed E-state index contributed by atoms with van der Waals surface area (Å²) < 4.78 is 25.3. The fourth-order valence-corrected chi connectivity index (χ4v) is 4.50. The van der Waals surface area contributed by atoms with Gasteiger partial charge in [-0.3, -0.25) is 4.79 Å². The van der Waals surface area contributed by atoms with Gasteiger partial charge in [0.1, 0.15) is 4.21 Å².